The minimum atomic E-state index is -0.574. The minimum absolute atomic E-state index is 0.153. The smallest absolute Gasteiger partial charge is 0.338 e. The molecule has 0 aliphatic carbocycles. The van der Waals surface area contributed by atoms with Gasteiger partial charge in [0.1, 0.15) is 24.2 Å². The number of nitrogens with one attached hydrogen (secondary N) is 1. The quantitative estimate of drug-likeness (QED) is 0.151. The molecule has 0 bridgehead atoms. The second kappa shape index (κ2) is 13.0. The van der Waals surface area contributed by atoms with Crippen LogP contribution in [-0.4, -0.2) is 27.3 Å². The molecule has 3 aromatic carbocycles. The summed E-state index contributed by atoms with van der Waals surface area (Å²) in [6, 6.07) is 23.3. The van der Waals surface area contributed by atoms with Crippen LogP contribution in [0.1, 0.15) is 49.9 Å². The van der Waals surface area contributed by atoms with E-state index in [2.05, 4.69) is 24.1 Å². The van der Waals surface area contributed by atoms with Gasteiger partial charge < -0.3 is 14.8 Å². The lowest BCUT2D eigenvalue weighted by atomic mass is 9.95. The predicted octanol–water partition coefficient (Wildman–Crippen LogP) is 7.17. The number of hydrogen-bond donors (Lipinski definition) is 1. The standard InChI is InChI=1S/C32H33FN4O3S/c1-21(2)17-18-39-26-15-13-24(14-16-26)29-28(30(38)40-19-23-9-5-4-6-10-23)22(3)34-31-35-32(36-37(29)31)41-20-25-11-7-8-12-27(25)33/h4-16,21,29H,17-20H2,1-3H3,(H,34,35,36). The number of benzene rings is 3. The van der Waals surface area contributed by atoms with Gasteiger partial charge in [0.25, 0.3) is 0 Å². The fourth-order valence-electron chi connectivity index (χ4n) is 4.48. The van der Waals surface area contributed by atoms with Crippen LogP contribution in [-0.2, 0) is 21.9 Å². The normalized spacial score (nSPS) is 14.5. The zero-order chi connectivity index (χ0) is 28.8. The third-order valence-electron chi connectivity index (χ3n) is 6.74. The lowest BCUT2D eigenvalue weighted by molar-refractivity contribution is -0.140. The van der Waals surface area contributed by atoms with E-state index < -0.39 is 12.0 Å². The van der Waals surface area contributed by atoms with Crippen molar-refractivity contribution in [1.82, 2.24) is 14.8 Å². The van der Waals surface area contributed by atoms with E-state index in [1.807, 2.05) is 61.5 Å². The summed E-state index contributed by atoms with van der Waals surface area (Å²) in [6.07, 6.45) is 0.963. The van der Waals surface area contributed by atoms with Crippen molar-refractivity contribution in [2.45, 2.75) is 50.8 Å². The maximum Gasteiger partial charge on any atom is 0.338 e. The van der Waals surface area contributed by atoms with Crippen molar-refractivity contribution in [3.8, 4) is 5.75 Å². The van der Waals surface area contributed by atoms with Crippen molar-refractivity contribution < 1.29 is 18.7 Å². The van der Waals surface area contributed by atoms with E-state index >= 15 is 0 Å². The summed E-state index contributed by atoms with van der Waals surface area (Å²) in [5, 5.41) is 8.44. The maximum atomic E-state index is 14.2. The number of anilines is 1. The zero-order valence-corrected chi connectivity index (χ0v) is 24.2. The topological polar surface area (TPSA) is 78.3 Å². The number of carbonyl (C=O) groups excluding carboxylic acids is 1. The Morgan fingerprint density at radius 1 is 1.05 bits per heavy atom. The molecule has 41 heavy (non-hydrogen) atoms. The average molecular weight is 573 g/mol. The van der Waals surface area contributed by atoms with Gasteiger partial charge in [0.2, 0.25) is 11.1 Å². The van der Waals surface area contributed by atoms with E-state index in [1.165, 1.54) is 17.8 Å². The number of carbonyl (C=O) groups is 1. The van der Waals surface area contributed by atoms with Crippen LogP contribution in [0, 0.1) is 11.7 Å². The Bertz CT molecular complexity index is 1520. The molecule has 7 nitrogen and oxygen atoms in total. The van der Waals surface area contributed by atoms with Gasteiger partial charge in [-0.3, -0.25) is 0 Å². The van der Waals surface area contributed by atoms with E-state index in [4.69, 9.17) is 14.6 Å². The molecule has 1 N–H and O–H groups in total. The van der Waals surface area contributed by atoms with Gasteiger partial charge in [-0.05, 0) is 54.2 Å². The number of fused-ring (bicyclic) bond motifs is 1. The van der Waals surface area contributed by atoms with Crippen LogP contribution in [0.2, 0.25) is 0 Å². The molecule has 0 radical (unpaired) electrons. The summed E-state index contributed by atoms with van der Waals surface area (Å²) >= 11 is 1.33. The van der Waals surface area contributed by atoms with Crippen molar-refractivity contribution >= 4 is 23.7 Å². The molecular formula is C32H33FN4O3S. The first-order valence-corrected chi connectivity index (χ1v) is 14.6. The first-order chi connectivity index (χ1) is 19.9. The summed E-state index contributed by atoms with van der Waals surface area (Å²) < 4.78 is 27.6. The second-order valence-corrected chi connectivity index (χ2v) is 11.2. The number of allylic oxidation sites excluding steroid dienone is 1. The Morgan fingerprint density at radius 2 is 1.78 bits per heavy atom. The summed E-state index contributed by atoms with van der Waals surface area (Å²) in [4.78, 5) is 18.2. The van der Waals surface area contributed by atoms with E-state index in [-0.39, 0.29) is 12.4 Å². The van der Waals surface area contributed by atoms with Crippen molar-refractivity contribution in [1.29, 1.82) is 0 Å². The Balaban J connectivity index is 1.42. The Hall–Kier alpha value is -4.11. The molecule has 0 fully saturated rings. The molecule has 2 heterocycles. The van der Waals surface area contributed by atoms with Crippen molar-refractivity contribution in [3.05, 3.63) is 113 Å². The van der Waals surface area contributed by atoms with Crippen LogP contribution in [0.5, 0.6) is 5.75 Å². The Kier molecular flexibility index (Phi) is 9.04. The molecule has 0 saturated carbocycles. The number of ether oxygens (including phenoxy) is 2. The van der Waals surface area contributed by atoms with E-state index in [0.717, 1.165) is 23.3 Å². The highest BCUT2D eigenvalue weighted by atomic mass is 32.2. The summed E-state index contributed by atoms with van der Waals surface area (Å²) in [5.74, 6) is 1.48. The summed E-state index contributed by atoms with van der Waals surface area (Å²) in [6.45, 7) is 6.94. The molecule has 1 aromatic heterocycles. The fraction of sp³-hybridized carbons (Fsp3) is 0.281. The van der Waals surface area contributed by atoms with Crippen LogP contribution < -0.4 is 10.1 Å². The van der Waals surface area contributed by atoms with E-state index in [1.54, 1.807) is 22.9 Å². The molecule has 4 aromatic rings. The number of thioether (sulfide) groups is 1. The number of nitrogens with zero attached hydrogens (tertiary/aromatic N) is 3. The molecule has 0 amide bonds. The zero-order valence-electron chi connectivity index (χ0n) is 23.3. The highest BCUT2D eigenvalue weighted by molar-refractivity contribution is 7.98. The molecule has 0 spiro atoms. The number of rotatable bonds is 11. The Labute approximate surface area is 243 Å². The van der Waals surface area contributed by atoms with Crippen LogP contribution in [0.4, 0.5) is 10.3 Å². The fourth-order valence-corrected chi connectivity index (χ4v) is 5.30. The highest BCUT2D eigenvalue weighted by Crippen LogP contribution is 2.37. The van der Waals surface area contributed by atoms with Crippen LogP contribution >= 0.6 is 11.8 Å². The third kappa shape index (κ3) is 6.97. The molecule has 5 rings (SSSR count). The van der Waals surface area contributed by atoms with Crippen LogP contribution in [0.25, 0.3) is 0 Å². The molecule has 0 saturated heterocycles. The van der Waals surface area contributed by atoms with Gasteiger partial charge in [-0.1, -0.05) is 86.3 Å². The van der Waals surface area contributed by atoms with Crippen molar-refractivity contribution in [2.75, 3.05) is 11.9 Å². The second-order valence-electron chi connectivity index (χ2n) is 10.3. The number of aromatic nitrogens is 3. The van der Waals surface area contributed by atoms with Crippen LogP contribution in [0.15, 0.2) is 95.3 Å². The van der Waals surface area contributed by atoms with Gasteiger partial charge in [-0.2, -0.15) is 4.98 Å². The molecule has 1 unspecified atom stereocenters. The van der Waals surface area contributed by atoms with Gasteiger partial charge in [0.15, 0.2) is 0 Å². The number of esters is 1. The molecule has 9 heteroatoms. The van der Waals surface area contributed by atoms with Gasteiger partial charge >= 0.3 is 5.97 Å². The maximum absolute atomic E-state index is 14.2. The minimum Gasteiger partial charge on any atom is -0.494 e. The molecule has 1 aliphatic rings. The first kappa shape index (κ1) is 28.4. The van der Waals surface area contributed by atoms with E-state index in [9.17, 15) is 9.18 Å². The predicted molar refractivity (Wildman–Crippen MR) is 158 cm³/mol. The molecule has 1 aliphatic heterocycles. The lowest BCUT2D eigenvalue weighted by Crippen LogP contribution is -2.29. The van der Waals surface area contributed by atoms with Crippen molar-refractivity contribution in [2.24, 2.45) is 5.92 Å². The lowest BCUT2D eigenvalue weighted by Gasteiger charge is -2.28. The Morgan fingerprint density at radius 3 is 2.51 bits per heavy atom. The average Bonchev–Trinajstić information content (AvgIpc) is 3.38. The van der Waals surface area contributed by atoms with Gasteiger partial charge in [0, 0.05) is 11.4 Å². The van der Waals surface area contributed by atoms with Crippen molar-refractivity contribution in [3.63, 3.8) is 0 Å². The largest absolute Gasteiger partial charge is 0.494 e. The van der Waals surface area contributed by atoms with Gasteiger partial charge in [-0.15, -0.1) is 5.10 Å². The summed E-state index contributed by atoms with van der Waals surface area (Å²) in [5.41, 5.74) is 3.39. The SMILES string of the molecule is CC1=C(C(=O)OCc2ccccc2)C(c2ccc(OCCC(C)C)cc2)n2nc(SCc3ccccc3F)nc2N1. The van der Waals surface area contributed by atoms with Gasteiger partial charge in [-0.25, -0.2) is 13.9 Å². The third-order valence-corrected chi connectivity index (χ3v) is 7.63. The highest BCUT2D eigenvalue weighted by Gasteiger charge is 2.35. The monoisotopic (exact) mass is 572 g/mol. The number of hydrogen-bond acceptors (Lipinski definition) is 7. The first-order valence-electron chi connectivity index (χ1n) is 13.6. The molecule has 212 valence electrons. The van der Waals surface area contributed by atoms with E-state index in [0.29, 0.717) is 46.2 Å². The van der Waals surface area contributed by atoms with Gasteiger partial charge in [0.05, 0.1) is 12.2 Å². The number of halogens is 1. The molecular weight excluding hydrogens is 539 g/mol. The summed E-state index contributed by atoms with van der Waals surface area (Å²) in [7, 11) is 0. The van der Waals surface area contributed by atoms with Crippen LogP contribution in [0.3, 0.4) is 0 Å². The molecule has 1 atom stereocenters.